The van der Waals surface area contributed by atoms with Crippen molar-refractivity contribution in [2.75, 3.05) is 13.7 Å². The molecule has 0 aromatic heterocycles. The Morgan fingerprint density at radius 1 is 1.31 bits per heavy atom. The van der Waals surface area contributed by atoms with Crippen molar-refractivity contribution in [3.05, 3.63) is 23.8 Å². The molecule has 0 spiro atoms. The first kappa shape index (κ1) is 28.0. The Morgan fingerprint density at radius 3 is 2.89 bits per heavy atom. The molecule has 5 heteroatoms. The molecule has 7 atom stereocenters. The normalized spacial score (nSPS) is 31.2. The molecule has 2 saturated carbocycles. The van der Waals surface area contributed by atoms with Gasteiger partial charge in [-0.05, 0) is 82.5 Å². The predicted octanol–water partition coefficient (Wildman–Crippen LogP) is 5.96. The molecule has 0 aromatic carbocycles. The molecule has 196 valence electrons. The third-order valence-corrected chi connectivity index (χ3v) is 8.01. The number of unbranched alkanes of at least 4 members (excludes halogenated alkanes) is 1. The Balaban J connectivity index is 1.66. The summed E-state index contributed by atoms with van der Waals surface area (Å²) in [6, 6.07) is 0. The average molecular weight is 487 g/mol. The molecule has 2 aliphatic carbocycles. The zero-order valence-corrected chi connectivity index (χ0v) is 22.0. The highest BCUT2D eigenvalue weighted by atomic mass is 16.7. The molecule has 0 bridgehead atoms. The number of hydrogen-bond donors (Lipinski definition) is 1. The molecule has 5 nitrogen and oxygen atoms in total. The second-order valence-electron chi connectivity index (χ2n) is 10.5. The van der Waals surface area contributed by atoms with Crippen LogP contribution in [-0.2, 0) is 19.0 Å². The van der Waals surface area contributed by atoms with Gasteiger partial charge in [-0.2, -0.15) is 0 Å². The van der Waals surface area contributed by atoms with Crippen LogP contribution < -0.4 is 0 Å². The summed E-state index contributed by atoms with van der Waals surface area (Å²) in [4.78, 5) is 11.4. The zero-order chi connectivity index (χ0) is 25.0. The third-order valence-electron chi connectivity index (χ3n) is 8.01. The fraction of sp³-hybridized carbons (Fsp3) is 0.767. The van der Waals surface area contributed by atoms with Crippen LogP contribution in [0, 0.1) is 35.5 Å². The summed E-state index contributed by atoms with van der Waals surface area (Å²) in [6.07, 6.45) is 17.7. The fourth-order valence-corrected chi connectivity index (χ4v) is 6.13. The van der Waals surface area contributed by atoms with Gasteiger partial charge in [0.15, 0.2) is 6.29 Å². The van der Waals surface area contributed by atoms with E-state index in [-0.39, 0.29) is 24.3 Å². The van der Waals surface area contributed by atoms with E-state index >= 15 is 0 Å². The summed E-state index contributed by atoms with van der Waals surface area (Å²) in [5, 5.41) is 11.0. The standard InChI is InChI=1S/C30H46O5/c1-4-6-13-23(11-5-2)27(31)17-16-25-26-20-22(12-7-8-14-29(32)33-3)19-24(26)21-28(25)35-30-15-9-10-18-34-30/h12,16-17,23-28,30-31H,5,7-11,13-15,18-21H2,1-3H3/b17-16+,22-12+/t23?,24?,25-,26+,27+,28-,30?/m1/s1. The van der Waals surface area contributed by atoms with Gasteiger partial charge in [-0.1, -0.05) is 37.1 Å². The molecule has 3 aliphatic rings. The van der Waals surface area contributed by atoms with E-state index in [1.54, 1.807) is 0 Å². The largest absolute Gasteiger partial charge is 0.469 e. The number of aliphatic hydroxyl groups is 1. The van der Waals surface area contributed by atoms with Crippen molar-refractivity contribution in [3.8, 4) is 11.8 Å². The summed E-state index contributed by atoms with van der Waals surface area (Å²) in [5.74, 6) is 7.62. The van der Waals surface area contributed by atoms with E-state index in [1.165, 1.54) is 19.1 Å². The quantitative estimate of drug-likeness (QED) is 0.160. The van der Waals surface area contributed by atoms with Crippen LogP contribution in [0.3, 0.4) is 0 Å². The molecule has 1 heterocycles. The van der Waals surface area contributed by atoms with Crippen LogP contribution in [0.5, 0.6) is 0 Å². The molecule has 1 N–H and O–H groups in total. The highest BCUT2D eigenvalue weighted by molar-refractivity contribution is 5.69. The number of fused-ring (bicyclic) bond motifs is 1. The van der Waals surface area contributed by atoms with Crippen molar-refractivity contribution in [3.63, 3.8) is 0 Å². The van der Waals surface area contributed by atoms with E-state index in [0.717, 1.165) is 70.8 Å². The lowest BCUT2D eigenvalue weighted by Crippen LogP contribution is -2.31. The Kier molecular flexibility index (Phi) is 11.9. The van der Waals surface area contributed by atoms with Gasteiger partial charge in [-0.25, -0.2) is 0 Å². The van der Waals surface area contributed by atoms with Crippen molar-refractivity contribution in [1.82, 2.24) is 0 Å². The Labute approximate surface area is 212 Å². The van der Waals surface area contributed by atoms with Crippen molar-refractivity contribution in [2.45, 2.75) is 109 Å². The number of aliphatic hydroxyl groups excluding tert-OH is 1. The van der Waals surface area contributed by atoms with Crippen LogP contribution in [0.4, 0.5) is 0 Å². The molecule has 3 fully saturated rings. The SMILES string of the molecule is CC#CCC(CCC)[C@@H](O)/C=C/[C@H]1[C@H](OC2CCCCO2)CC2C/C(=C\CCCC(=O)OC)C[C@@H]21. The molecule has 0 amide bonds. The van der Waals surface area contributed by atoms with E-state index in [1.807, 2.05) is 13.0 Å². The maximum absolute atomic E-state index is 11.4. The lowest BCUT2D eigenvalue weighted by atomic mass is 9.88. The van der Waals surface area contributed by atoms with Crippen LogP contribution in [0.2, 0.25) is 0 Å². The van der Waals surface area contributed by atoms with Gasteiger partial charge in [-0.3, -0.25) is 4.79 Å². The molecule has 3 rings (SSSR count). The molecule has 1 aliphatic heterocycles. The van der Waals surface area contributed by atoms with E-state index in [0.29, 0.717) is 24.2 Å². The first-order valence-corrected chi connectivity index (χ1v) is 13.8. The summed E-state index contributed by atoms with van der Waals surface area (Å²) in [6.45, 7) is 4.81. The lowest BCUT2D eigenvalue weighted by molar-refractivity contribution is -0.193. The highest BCUT2D eigenvalue weighted by Gasteiger charge is 2.47. The molecule has 1 saturated heterocycles. The smallest absolute Gasteiger partial charge is 0.305 e. The number of allylic oxidation sites excluding steroid dienone is 2. The van der Waals surface area contributed by atoms with Crippen molar-refractivity contribution in [1.29, 1.82) is 0 Å². The molecule has 35 heavy (non-hydrogen) atoms. The van der Waals surface area contributed by atoms with E-state index in [2.05, 4.69) is 30.9 Å². The highest BCUT2D eigenvalue weighted by Crippen LogP contribution is 2.52. The predicted molar refractivity (Wildman–Crippen MR) is 138 cm³/mol. The van der Waals surface area contributed by atoms with Crippen LogP contribution in [-0.4, -0.2) is 43.3 Å². The fourth-order valence-electron chi connectivity index (χ4n) is 6.13. The Morgan fingerprint density at radius 2 is 2.17 bits per heavy atom. The number of esters is 1. The van der Waals surface area contributed by atoms with Gasteiger partial charge >= 0.3 is 5.97 Å². The minimum Gasteiger partial charge on any atom is -0.469 e. The topological polar surface area (TPSA) is 65.0 Å². The van der Waals surface area contributed by atoms with E-state index in [9.17, 15) is 9.90 Å². The van der Waals surface area contributed by atoms with E-state index < -0.39 is 6.10 Å². The molecular formula is C30H46O5. The maximum atomic E-state index is 11.4. The van der Waals surface area contributed by atoms with Gasteiger partial charge in [0.25, 0.3) is 0 Å². The number of carbonyl (C=O) groups is 1. The second-order valence-corrected chi connectivity index (χ2v) is 10.5. The van der Waals surface area contributed by atoms with Gasteiger partial charge in [0.1, 0.15) is 0 Å². The van der Waals surface area contributed by atoms with Crippen molar-refractivity contribution in [2.24, 2.45) is 23.7 Å². The Hall–Kier alpha value is -1.61. The molecule has 0 radical (unpaired) electrons. The minimum atomic E-state index is -0.476. The van der Waals surface area contributed by atoms with Gasteiger partial charge in [0.05, 0.1) is 19.3 Å². The third kappa shape index (κ3) is 8.48. The van der Waals surface area contributed by atoms with Crippen molar-refractivity contribution >= 4 is 5.97 Å². The van der Waals surface area contributed by atoms with Crippen LogP contribution >= 0.6 is 0 Å². The molecule has 3 unspecified atom stereocenters. The van der Waals surface area contributed by atoms with E-state index in [4.69, 9.17) is 14.2 Å². The average Bonchev–Trinajstić information content (AvgIpc) is 3.40. The number of methoxy groups -OCH3 is 1. The van der Waals surface area contributed by atoms with Crippen LogP contribution in [0.25, 0.3) is 0 Å². The van der Waals surface area contributed by atoms with Gasteiger partial charge in [0, 0.05) is 25.4 Å². The number of hydrogen-bond acceptors (Lipinski definition) is 5. The minimum absolute atomic E-state index is 0.0885. The van der Waals surface area contributed by atoms with Crippen LogP contribution in [0.15, 0.2) is 23.8 Å². The monoisotopic (exact) mass is 486 g/mol. The number of rotatable bonds is 12. The zero-order valence-electron chi connectivity index (χ0n) is 22.0. The molecule has 0 aromatic rings. The first-order chi connectivity index (χ1) is 17.0. The van der Waals surface area contributed by atoms with Gasteiger partial charge in [0.2, 0.25) is 0 Å². The summed E-state index contributed by atoms with van der Waals surface area (Å²) in [7, 11) is 1.45. The lowest BCUT2D eigenvalue weighted by Gasteiger charge is -2.29. The summed E-state index contributed by atoms with van der Waals surface area (Å²) in [5.41, 5.74) is 1.51. The first-order valence-electron chi connectivity index (χ1n) is 13.8. The van der Waals surface area contributed by atoms with Gasteiger partial charge in [-0.15, -0.1) is 11.8 Å². The second kappa shape index (κ2) is 14.8. The number of carbonyl (C=O) groups excluding carboxylic acids is 1. The number of ether oxygens (including phenoxy) is 3. The Bertz CT molecular complexity index is 769. The summed E-state index contributed by atoms with van der Waals surface area (Å²) < 4.78 is 17.2. The summed E-state index contributed by atoms with van der Waals surface area (Å²) >= 11 is 0. The van der Waals surface area contributed by atoms with Gasteiger partial charge < -0.3 is 19.3 Å². The molecular weight excluding hydrogens is 440 g/mol. The van der Waals surface area contributed by atoms with Crippen molar-refractivity contribution < 1.29 is 24.1 Å². The maximum Gasteiger partial charge on any atom is 0.305 e. The van der Waals surface area contributed by atoms with Crippen LogP contribution in [0.1, 0.15) is 90.9 Å².